The molecule has 1 rings (SSSR count). The van der Waals surface area contributed by atoms with Gasteiger partial charge in [0.05, 0.1) is 13.2 Å². The van der Waals surface area contributed by atoms with E-state index < -0.39 is 0 Å². The highest BCUT2D eigenvalue weighted by molar-refractivity contribution is 5.80. The van der Waals surface area contributed by atoms with Crippen LogP contribution in [-0.4, -0.2) is 80.8 Å². The maximum absolute atomic E-state index is 11.7. The van der Waals surface area contributed by atoms with Gasteiger partial charge in [-0.25, -0.2) is 4.79 Å². The van der Waals surface area contributed by atoms with E-state index in [2.05, 4.69) is 41.4 Å². The lowest BCUT2D eigenvalue weighted by molar-refractivity contribution is 0.0963. The molecule has 134 valence electrons. The number of carbonyl (C=O) groups is 1. The van der Waals surface area contributed by atoms with Gasteiger partial charge in [-0.2, -0.15) is 0 Å². The Labute approximate surface area is 140 Å². The molecule has 0 aromatic heterocycles. The van der Waals surface area contributed by atoms with E-state index in [1.54, 1.807) is 4.90 Å². The molecule has 7 heteroatoms. The number of likely N-dealkylation sites (tertiary alicyclic amines) is 1. The van der Waals surface area contributed by atoms with Crippen molar-refractivity contribution in [2.24, 2.45) is 4.99 Å². The van der Waals surface area contributed by atoms with Crippen LogP contribution in [0.5, 0.6) is 0 Å². The van der Waals surface area contributed by atoms with Crippen LogP contribution in [-0.2, 0) is 4.74 Å². The molecule has 0 aromatic rings. The normalized spacial score (nSPS) is 16.6. The predicted molar refractivity (Wildman–Crippen MR) is 93.9 cm³/mol. The van der Waals surface area contributed by atoms with Gasteiger partial charge in [0.1, 0.15) is 0 Å². The first kappa shape index (κ1) is 19.5. The lowest BCUT2D eigenvalue weighted by Gasteiger charge is -2.32. The molecular weight excluding hydrogens is 294 g/mol. The highest BCUT2D eigenvalue weighted by Crippen LogP contribution is 2.11. The first-order valence-electron chi connectivity index (χ1n) is 8.75. The van der Waals surface area contributed by atoms with Crippen LogP contribution >= 0.6 is 0 Å². The van der Waals surface area contributed by atoms with E-state index in [1.807, 2.05) is 6.92 Å². The predicted octanol–water partition coefficient (Wildman–Crippen LogP) is 1.11. The largest absolute Gasteiger partial charge is 0.450 e. The number of piperidine rings is 1. The van der Waals surface area contributed by atoms with Crippen molar-refractivity contribution in [1.82, 2.24) is 20.4 Å². The van der Waals surface area contributed by atoms with Crippen LogP contribution in [0, 0.1) is 0 Å². The molecule has 1 fully saturated rings. The molecule has 0 unspecified atom stereocenters. The maximum Gasteiger partial charge on any atom is 0.409 e. The zero-order chi connectivity index (χ0) is 17.1. The van der Waals surface area contributed by atoms with Gasteiger partial charge in [-0.1, -0.05) is 6.92 Å². The molecule has 7 nitrogen and oxygen atoms in total. The first-order valence-corrected chi connectivity index (χ1v) is 8.75. The Morgan fingerprint density at radius 3 is 2.57 bits per heavy atom. The maximum atomic E-state index is 11.7. The summed E-state index contributed by atoms with van der Waals surface area (Å²) in [6.45, 7) is 11.5. The summed E-state index contributed by atoms with van der Waals surface area (Å²) in [6, 6.07) is 0.349. The number of hydrogen-bond donors (Lipinski definition) is 2. The molecule has 0 aliphatic carbocycles. The van der Waals surface area contributed by atoms with E-state index in [9.17, 15) is 4.79 Å². The van der Waals surface area contributed by atoms with E-state index >= 15 is 0 Å². The quantitative estimate of drug-likeness (QED) is 0.542. The Morgan fingerprint density at radius 1 is 1.30 bits per heavy atom. The second-order valence-corrected chi connectivity index (χ2v) is 5.76. The highest BCUT2D eigenvalue weighted by atomic mass is 16.6. The van der Waals surface area contributed by atoms with Crippen molar-refractivity contribution in [3.8, 4) is 0 Å². The number of aliphatic imine (C=N–C) groups is 1. The molecule has 1 heterocycles. The van der Waals surface area contributed by atoms with Crippen molar-refractivity contribution in [1.29, 1.82) is 0 Å². The lowest BCUT2D eigenvalue weighted by atomic mass is 10.1. The fourth-order valence-electron chi connectivity index (χ4n) is 2.43. The lowest BCUT2D eigenvalue weighted by Crippen LogP contribution is -2.50. The van der Waals surface area contributed by atoms with Gasteiger partial charge < -0.3 is 25.2 Å². The minimum absolute atomic E-state index is 0.200. The minimum Gasteiger partial charge on any atom is -0.450 e. The van der Waals surface area contributed by atoms with Crippen LogP contribution in [0.4, 0.5) is 4.79 Å². The fourth-order valence-corrected chi connectivity index (χ4v) is 2.43. The summed E-state index contributed by atoms with van der Waals surface area (Å²) in [5.41, 5.74) is 0. The third-order valence-corrected chi connectivity index (χ3v) is 4.00. The molecule has 0 radical (unpaired) electrons. The second kappa shape index (κ2) is 11.1. The van der Waals surface area contributed by atoms with Gasteiger partial charge in [-0.15, -0.1) is 0 Å². The molecule has 0 spiro atoms. The van der Waals surface area contributed by atoms with Gasteiger partial charge in [0.25, 0.3) is 0 Å². The average molecular weight is 327 g/mol. The van der Waals surface area contributed by atoms with Crippen molar-refractivity contribution < 1.29 is 9.53 Å². The number of nitrogens with zero attached hydrogens (tertiary/aromatic N) is 3. The van der Waals surface area contributed by atoms with E-state index in [4.69, 9.17) is 4.74 Å². The first-order chi connectivity index (χ1) is 11.1. The number of amides is 1. The van der Waals surface area contributed by atoms with Crippen LogP contribution in [0.1, 0.15) is 33.6 Å². The van der Waals surface area contributed by atoms with Crippen molar-refractivity contribution >= 4 is 12.1 Å². The molecule has 0 atom stereocenters. The monoisotopic (exact) mass is 327 g/mol. The number of ether oxygens (including phenoxy) is 1. The number of guanidine groups is 1. The standard InChI is InChI=1S/C16H33N5O2/c1-5-17-15(18-10-13-20(4)6-2)19-14-8-11-21(12-9-14)16(22)23-7-3/h14H,5-13H2,1-4H3,(H2,17,18,19). The third kappa shape index (κ3) is 7.54. The van der Waals surface area contributed by atoms with Crippen LogP contribution < -0.4 is 10.6 Å². The molecule has 1 amide bonds. The Hall–Kier alpha value is -1.50. The average Bonchev–Trinajstić information content (AvgIpc) is 2.55. The van der Waals surface area contributed by atoms with Gasteiger partial charge in [0.2, 0.25) is 0 Å². The molecule has 23 heavy (non-hydrogen) atoms. The molecule has 0 saturated carbocycles. The van der Waals surface area contributed by atoms with Gasteiger partial charge >= 0.3 is 6.09 Å². The molecule has 0 aromatic carbocycles. The number of nitrogens with one attached hydrogen (secondary N) is 2. The van der Waals surface area contributed by atoms with Gasteiger partial charge in [0, 0.05) is 32.2 Å². The van der Waals surface area contributed by atoms with Crippen LogP contribution in [0.15, 0.2) is 4.99 Å². The number of likely N-dealkylation sites (N-methyl/N-ethyl adjacent to an activating group) is 1. The second-order valence-electron chi connectivity index (χ2n) is 5.76. The summed E-state index contributed by atoms with van der Waals surface area (Å²) < 4.78 is 5.05. The summed E-state index contributed by atoms with van der Waals surface area (Å²) in [5.74, 6) is 0.867. The number of carbonyl (C=O) groups excluding carboxylic acids is 1. The Morgan fingerprint density at radius 2 is 2.00 bits per heavy atom. The van der Waals surface area contributed by atoms with Crippen molar-refractivity contribution in [3.63, 3.8) is 0 Å². The summed E-state index contributed by atoms with van der Waals surface area (Å²) in [7, 11) is 2.10. The SMILES string of the molecule is CCNC(=NCCN(C)CC)NC1CCN(C(=O)OCC)CC1. The molecule has 2 N–H and O–H groups in total. The zero-order valence-corrected chi connectivity index (χ0v) is 15.1. The molecular formula is C16H33N5O2. The Bertz CT molecular complexity index is 367. The van der Waals surface area contributed by atoms with Crippen LogP contribution in [0.3, 0.4) is 0 Å². The van der Waals surface area contributed by atoms with Gasteiger partial charge in [0.15, 0.2) is 5.96 Å². The van der Waals surface area contributed by atoms with Gasteiger partial charge in [-0.3, -0.25) is 4.99 Å². The van der Waals surface area contributed by atoms with Gasteiger partial charge in [-0.05, 0) is 40.3 Å². The summed E-state index contributed by atoms with van der Waals surface area (Å²) >= 11 is 0. The Kier molecular flexibility index (Phi) is 9.43. The van der Waals surface area contributed by atoms with Crippen LogP contribution in [0.25, 0.3) is 0 Å². The van der Waals surface area contributed by atoms with Crippen molar-refractivity contribution in [2.45, 2.75) is 39.7 Å². The minimum atomic E-state index is -0.200. The topological polar surface area (TPSA) is 69.2 Å². The molecule has 1 aliphatic rings. The molecule has 1 saturated heterocycles. The van der Waals surface area contributed by atoms with Crippen molar-refractivity contribution in [3.05, 3.63) is 0 Å². The molecule has 1 aliphatic heterocycles. The smallest absolute Gasteiger partial charge is 0.409 e. The third-order valence-electron chi connectivity index (χ3n) is 4.00. The zero-order valence-electron chi connectivity index (χ0n) is 15.1. The summed E-state index contributed by atoms with van der Waals surface area (Å²) in [4.78, 5) is 20.4. The van der Waals surface area contributed by atoms with Crippen LogP contribution in [0.2, 0.25) is 0 Å². The van der Waals surface area contributed by atoms with E-state index in [0.29, 0.717) is 12.6 Å². The number of hydrogen-bond acceptors (Lipinski definition) is 4. The summed E-state index contributed by atoms with van der Waals surface area (Å²) in [5, 5.41) is 6.77. The Balaban J connectivity index is 2.40. The highest BCUT2D eigenvalue weighted by Gasteiger charge is 2.23. The van der Waals surface area contributed by atoms with E-state index in [1.165, 1.54) is 0 Å². The fraction of sp³-hybridized carbons (Fsp3) is 0.875. The van der Waals surface area contributed by atoms with E-state index in [-0.39, 0.29) is 6.09 Å². The van der Waals surface area contributed by atoms with Crippen molar-refractivity contribution in [2.75, 3.05) is 52.9 Å². The molecule has 0 bridgehead atoms. The number of rotatable bonds is 7. The summed E-state index contributed by atoms with van der Waals surface area (Å²) in [6.07, 6.45) is 1.63. The van der Waals surface area contributed by atoms with E-state index in [0.717, 1.165) is 58.1 Å².